The highest BCUT2D eigenvalue weighted by atomic mass is 32.2. The van der Waals surface area contributed by atoms with Gasteiger partial charge < -0.3 is 14.5 Å². The van der Waals surface area contributed by atoms with E-state index in [0.29, 0.717) is 25.7 Å². The average molecular weight is 457 g/mol. The molecular formula is C23H32N6O2S. The Morgan fingerprint density at radius 2 is 2.00 bits per heavy atom. The van der Waals surface area contributed by atoms with E-state index in [0.717, 1.165) is 42.0 Å². The lowest BCUT2D eigenvalue weighted by Gasteiger charge is -2.28. The molecule has 1 aliphatic heterocycles. The summed E-state index contributed by atoms with van der Waals surface area (Å²) in [6.45, 7) is 12.5. The van der Waals surface area contributed by atoms with E-state index in [4.69, 9.17) is 10.00 Å². The maximum atomic E-state index is 13.2. The first-order chi connectivity index (χ1) is 15.4. The molecule has 172 valence electrons. The molecule has 0 aliphatic carbocycles. The van der Waals surface area contributed by atoms with Gasteiger partial charge in [-0.1, -0.05) is 31.7 Å². The lowest BCUT2D eigenvalue weighted by atomic mass is 10.1. The zero-order valence-corrected chi connectivity index (χ0v) is 20.2. The Hall–Kier alpha value is -2.57. The van der Waals surface area contributed by atoms with Crippen LogP contribution in [0, 0.1) is 31.1 Å². The number of aromatic nitrogens is 3. The summed E-state index contributed by atoms with van der Waals surface area (Å²) in [5, 5.41) is 18.7. The molecule has 9 heteroatoms. The molecule has 2 aromatic rings. The fourth-order valence-electron chi connectivity index (χ4n) is 3.57. The van der Waals surface area contributed by atoms with Gasteiger partial charge in [0.1, 0.15) is 0 Å². The van der Waals surface area contributed by atoms with Gasteiger partial charge >= 0.3 is 0 Å². The van der Waals surface area contributed by atoms with Crippen LogP contribution in [-0.2, 0) is 16.1 Å². The van der Waals surface area contributed by atoms with Gasteiger partial charge in [-0.2, -0.15) is 5.26 Å². The maximum absolute atomic E-state index is 13.2. The number of amides is 1. The summed E-state index contributed by atoms with van der Waals surface area (Å²) in [4.78, 5) is 17.1. The maximum Gasteiger partial charge on any atom is 0.237 e. The molecule has 32 heavy (non-hydrogen) atoms. The number of carbonyl (C=O) groups excluding carboxylic acids is 1. The van der Waals surface area contributed by atoms with Crippen molar-refractivity contribution in [2.45, 2.75) is 45.8 Å². The van der Waals surface area contributed by atoms with Gasteiger partial charge in [0, 0.05) is 31.9 Å². The van der Waals surface area contributed by atoms with Crippen LogP contribution >= 0.6 is 11.8 Å². The highest BCUT2D eigenvalue weighted by molar-refractivity contribution is 7.99. The summed E-state index contributed by atoms with van der Waals surface area (Å²) in [5.74, 6) is 1.45. The van der Waals surface area contributed by atoms with Crippen LogP contribution in [0.25, 0.3) is 0 Å². The summed E-state index contributed by atoms with van der Waals surface area (Å²) in [5.41, 5.74) is 3.12. The molecule has 1 aromatic carbocycles. The Morgan fingerprint density at radius 3 is 2.66 bits per heavy atom. The number of rotatable bonds is 9. The first-order valence-corrected chi connectivity index (χ1v) is 12.0. The van der Waals surface area contributed by atoms with Crippen molar-refractivity contribution in [3.8, 4) is 6.07 Å². The molecule has 1 fully saturated rings. The number of carbonyl (C=O) groups is 1. The molecule has 0 atom stereocenters. The van der Waals surface area contributed by atoms with Crippen molar-refractivity contribution < 1.29 is 9.53 Å². The van der Waals surface area contributed by atoms with Crippen LogP contribution in [0.15, 0.2) is 23.4 Å². The molecule has 2 heterocycles. The number of benzene rings is 1. The monoisotopic (exact) mass is 456 g/mol. The Bertz CT molecular complexity index is 962. The van der Waals surface area contributed by atoms with Crippen LogP contribution in [0.1, 0.15) is 31.4 Å². The van der Waals surface area contributed by atoms with Crippen LogP contribution in [0.3, 0.4) is 0 Å². The molecule has 0 radical (unpaired) electrons. The number of morpholine rings is 1. The summed E-state index contributed by atoms with van der Waals surface area (Å²) in [6.07, 6.45) is 0.286. The van der Waals surface area contributed by atoms with Crippen LogP contribution in [0.5, 0.6) is 0 Å². The summed E-state index contributed by atoms with van der Waals surface area (Å²) >= 11 is 1.40. The van der Waals surface area contributed by atoms with Gasteiger partial charge in [0.2, 0.25) is 11.9 Å². The predicted octanol–water partition coefficient (Wildman–Crippen LogP) is 3.43. The largest absolute Gasteiger partial charge is 0.378 e. The van der Waals surface area contributed by atoms with Gasteiger partial charge in [-0.3, -0.25) is 9.36 Å². The molecular weight excluding hydrogens is 424 g/mol. The Morgan fingerprint density at radius 1 is 1.25 bits per heavy atom. The van der Waals surface area contributed by atoms with E-state index in [1.165, 1.54) is 17.3 Å². The number of hydrogen-bond acceptors (Lipinski definition) is 7. The molecule has 0 bridgehead atoms. The molecule has 0 N–H and O–H groups in total. The number of aryl methyl sites for hydroxylation is 2. The first-order valence-electron chi connectivity index (χ1n) is 11.0. The molecule has 1 amide bonds. The van der Waals surface area contributed by atoms with Gasteiger partial charge in [0.15, 0.2) is 5.16 Å². The number of nitrogens with zero attached hydrogens (tertiary/aromatic N) is 6. The molecule has 0 spiro atoms. The second-order valence-corrected chi connectivity index (χ2v) is 9.34. The van der Waals surface area contributed by atoms with E-state index in [1.54, 1.807) is 4.90 Å². The molecule has 1 aromatic heterocycles. The molecule has 0 unspecified atom stereocenters. The third kappa shape index (κ3) is 6.02. The van der Waals surface area contributed by atoms with Crippen molar-refractivity contribution >= 4 is 29.3 Å². The Labute approximate surface area is 194 Å². The van der Waals surface area contributed by atoms with Gasteiger partial charge in [-0.15, -0.1) is 10.2 Å². The SMILES string of the molecule is Cc1ccc(N(CCC#N)C(=O)CSc2nnc(N3CCOCC3)n2CC(C)C)cc1C. The van der Waals surface area contributed by atoms with E-state index in [2.05, 4.69) is 39.6 Å². The number of nitriles is 1. The van der Waals surface area contributed by atoms with Gasteiger partial charge in [-0.05, 0) is 43.0 Å². The topological polar surface area (TPSA) is 87.3 Å². The molecule has 0 saturated carbocycles. The van der Waals surface area contributed by atoms with Crippen LogP contribution < -0.4 is 9.80 Å². The van der Waals surface area contributed by atoms with E-state index < -0.39 is 0 Å². The quantitative estimate of drug-likeness (QED) is 0.534. The minimum Gasteiger partial charge on any atom is -0.378 e. The van der Waals surface area contributed by atoms with Crippen molar-refractivity contribution in [2.75, 3.05) is 48.4 Å². The fraction of sp³-hybridized carbons (Fsp3) is 0.565. The minimum absolute atomic E-state index is 0.0412. The summed E-state index contributed by atoms with van der Waals surface area (Å²) in [7, 11) is 0. The van der Waals surface area contributed by atoms with Crippen molar-refractivity contribution in [2.24, 2.45) is 5.92 Å². The first kappa shape index (κ1) is 24.1. The van der Waals surface area contributed by atoms with Crippen LogP contribution in [0.4, 0.5) is 11.6 Å². The lowest BCUT2D eigenvalue weighted by molar-refractivity contribution is -0.116. The Balaban J connectivity index is 1.77. The summed E-state index contributed by atoms with van der Waals surface area (Å²) in [6, 6.07) is 8.11. The lowest BCUT2D eigenvalue weighted by Crippen LogP contribution is -2.38. The van der Waals surface area contributed by atoms with E-state index in [9.17, 15) is 4.79 Å². The fourth-order valence-corrected chi connectivity index (χ4v) is 4.39. The third-order valence-electron chi connectivity index (χ3n) is 5.41. The van der Waals surface area contributed by atoms with Crippen LogP contribution in [-0.4, -0.2) is 59.3 Å². The second-order valence-electron chi connectivity index (χ2n) is 8.40. The second kappa shape index (κ2) is 11.3. The van der Waals surface area contributed by atoms with Gasteiger partial charge in [0.25, 0.3) is 0 Å². The van der Waals surface area contributed by atoms with Crippen LogP contribution in [0.2, 0.25) is 0 Å². The van der Waals surface area contributed by atoms with Gasteiger partial charge in [-0.25, -0.2) is 0 Å². The van der Waals surface area contributed by atoms with Crippen molar-refractivity contribution in [3.63, 3.8) is 0 Å². The zero-order valence-electron chi connectivity index (χ0n) is 19.4. The standard InChI is InChI=1S/C23H32N6O2S/c1-17(2)15-29-22(27-10-12-31-13-11-27)25-26-23(29)32-16-21(30)28(9-5-8-24)20-7-6-18(3)19(4)14-20/h6-7,14,17H,5,9-13,15-16H2,1-4H3. The number of ether oxygens (including phenoxy) is 1. The van der Waals surface area contributed by atoms with Crippen molar-refractivity contribution in [3.05, 3.63) is 29.3 Å². The smallest absolute Gasteiger partial charge is 0.237 e. The van der Waals surface area contributed by atoms with Crippen molar-refractivity contribution in [1.82, 2.24) is 14.8 Å². The minimum atomic E-state index is -0.0412. The predicted molar refractivity (Wildman–Crippen MR) is 127 cm³/mol. The third-order valence-corrected chi connectivity index (χ3v) is 6.37. The van der Waals surface area contributed by atoms with Crippen molar-refractivity contribution in [1.29, 1.82) is 5.26 Å². The van der Waals surface area contributed by atoms with Gasteiger partial charge in [0.05, 0.1) is 31.5 Å². The highest BCUT2D eigenvalue weighted by Gasteiger charge is 2.23. The van der Waals surface area contributed by atoms with E-state index in [1.807, 2.05) is 32.0 Å². The molecule has 1 aliphatic rings. The number of anilines is 2. The summed E-state index contributed by atoms with van der Waals surface area (Å²) < 4.78 is 7.58. The molecule has 8 nitrogen and oxygen atoms in total. The number of thioether (sulfide) groups is 1. The normalized spacial score (nSPS) is 13.9. The molecule has 1 saturated heterocycles. The van der Waals surface area contributed by atoms with E-state index >= 15 is 0 Å². The average Bonchev–Trinajstić information content (AvgIpc) is 3.17. The van der Waals surface area contributed by atoms with E-state index in [-0.39, 0.29) is 18.1 Å². The highest BCUT2D eigenvalue weighted by Crippen LogP contribution is 2.26. The zero-order chi connectivity index (χ0) is 23.1. The number of hydrogen-bond donors (Lipinski definition) is 0. The Kier molecular flexibility index (Phi) is 8.53. The molecule has 3 rings (SSSR count).